The van der Waals surface area contributed by atoms with Crippen molar-refractivity contribution >= 4 is 0 Å². The molecule has 1 N–H and O–H groups in total. The van der Waals surface area contributed by atoms with Crippen molar-refractivity contribution in [1.29, 1.82) is 0 Å². The van der Waals surface area contributed by atoms with Gasteiger partial charge in [-0.1, -0.05) is 0 Å². The van der Waals surface area contributed by atoms with Gasteiger partial charge in [-0.05, 0) is 26.0 Å². The average molecular weight is 169 g/mol. The van der Waals surface area contributed by atoms with Crippen LogP contribution in [0.25, 0.3) is 0 Å². The lowest BCUT2D eigenvalue weighted by molar-refractivity contribution is 0.0799. The summed E-state index contributed by atoms with van der Waals surface area (Å²) in [4.78, 5) is 3.83. The molecule has 12 heavy (non-hydrogen) atoms. The van der Waals surface area contributed by atoms with E-state index in [1.165, 1.54) is 6.07 Å². The standard InChI is InChI=1S/C9H12FNO/c1-9(2,12)5-8-4-3-7(10)6-11-8/h3-4,6,12H,5H2,1-2H3. The van der Waals surface area contributed by atoms with Crippen LogP contribution >= 0.6 is 0 Å². The maximum Gasteiger partial charge on any atom is 0.141 e. The maximum absolute atomic E-state index is 12.4. The summed E-state index contributed by atoms with van der Waals surface area (Å²) in [7, 11) is 0. The second kappa shape index (κ2) is 3.19. The third kappa shape index (κ3) is 2.96. The van der Waals surface area contributed by atoms with Gasteiger partial charge in [0.1, 0.15) is 5.82 Å². The molecule has 0 amide bonds. The Morgan fingerprint density at radius 2 is 2.17 bits per heavy atom. The normalized spacial score (nSPS) is 11.7. The van der Waals surface area contributed by atoms with E-state index < -0.39 is 5.60 Å². The van der Waals surface area contributed by atoms with Gasteiger partial charge in [0.2, 0.25) is 0 Å². The van der Waals surface area contributed by atoms with Crippen LogP contribution in [0.1, 0.15) is 19.5 Å². The molecule has 1 heterocycles. The lowest BCUT2D eigenvalue weighted by atomic mass is 10.0. The fourth-order valence-corrected chi connectivity index (χ4v) is 0.954. The Morgan fingerprint density at radius 1 is 1.50 bits per heavy atom. The lowest BCUT2D eigenvalue weighted by Gasteiger charge is -2.15. The zero-order valence-electron chi connectivity index (χ0n) is 7.21. The molecule has 1 aromatic heterocycles. The highest BCUT2D eigenvalue weighted by atomic mass is 19.1. The van der Waals surface area contributed by atoms with Crippen LogP contribution in [-0.2, 0) is 6.42 Å². The first kappa shape index (κ1) is 9.13. The third-order valence-electron chi connectivity index (χ3n) is 1.40. The molecule has 3 heteroatoms. The van der Waals surface area contributed by atoms with Gasteiger partial charge in [-0.3, -0.25) is 4.98 Å². The lowest BCUT2D eigenvalue weighted by Crippen LogP contribution is -2.22. The first-order valence-electron chi connectivity index (χ1n) is 3.80. The molecular formula is C9H12FNO. The van der Waals surface area contributed by atoms with Crippen LogP contribution in [0.3, 0.4) is 0 Å². The summed E-state index contributed by atoms with van der Waals surface area (Å²) >= 11 is 0. The van der Waals surface area contributed by atoms with E-state index >= 15 is 0 Å². The fourth-order valence-electron chi connectivity index (χ4n) is 0.954. The van der Waals surface area contributed by atoms with E-state index in [0.29, 0.717) is 12.1 Å². The highest BCUT2D eigenvalue weighted by Gasteiger charge is 2.13. The second-order valence-electron chi connectivity index (χ2n) is 3.46. The average Bonchev–Trinajstić information content (AvgIpc) is 1.91. The van der Waals surface area contributed by atoms with E-state index in [1.807, 2.05) is 0 Å². The van der Waals surface area contributed by atoms with Crippen molar-refractivity contribution in [3.8, 4) is 0 Å². The fraction of sp³-hybridized carbons (Fsp3) is 0.444. The summed E-state index contributed by atoms with van der Waals surface area (Å²) in [5.74, 6) is -0.352. The van der Waals surface area contributed by atoms with E-state index in [2.05, 4.69) is 4.98 Å². The minimum atomic E-state index is -0.787. The molecule has 66 valence electrons. The van der Waals surface area contributed by atoms with Crippen LogP contribution in [-0.4, -0.2) is 15.7 Å². The molecule has 0 atom stereocenters. The smallest absolute Gasteiger partial charge is 0.141 e. The van der Waals surface area contributed by atoms with Gasteiger partial charge in [-0.15, -0.1) is 0 Å². The molecule has 0 unspecified atom stereocenters. The summed E-state index contributed by atoms with van der Waals surface area (Å²) < 4.78 is 12.4. The number of rotatable bonds is 2. The molecule has 0 aliphatic carbocycles. The molecule has 1 aromatic rings. The van der Waals surface area contributed by atoms with Crippen molar-refractivity contribution in [3.05, 3.63) is 29.8 Å². The number of pyridine rings is 1. The Kier molecular flexibility index (Phi) is 2.43. The van der Waals surface area contributed by atoms with Gasteiger partial charge in [-0.2, -0.15) is 0 Å². The Hall–Kier alpha value is -0.960. The molecule has 0 aromatic carbocycles. The SMILES string of the molecule is CC(C)(O)Cc1ccc(F)cn1. The molecule has 0 saturated heterocycles. The molecule has 0 radical (unpaired) electrons. The summed E-state index contributed by atoms with van der Waals surface area (Å²) in [6.07, 6.45) is 1.59. The molecule has 0 fully saturated rings. The summed E-state index contributed by atoms with van der Waals surface area (Å²) in [5, 5.41) is 9.41. The Balaban J connectivity index is 2.71. The number of halogens is 1. The van der Waals surface area contributed by atoms with Gasteiger partial charge in [0, 0.05) is 12.1 Å². The second-order valence-corrected chi connectivity index (χ2v) is 3.46. The maximum atomic E-state index is 12.4. The molecule has 0 aliphatic rings. The summed E-state index contributed by atoms with van der Waals surface area (Å²) in [6.45, 7) is 3.38. The van der Waals surface area contributed by atoms with Gasteiger partial charge in [0.05, 0.1) is 11.8 Å². The van der Waals surface area contributed by atoms with E-state index in [9.17, 15) is 9.50 Å². The largest absolute Gasteiger partial charge is 0.390 e. The third-order valence-corrected chi connectivity index (χ3v) is 1.40. The van der Waals surface area contributed by atoms with Crippen LogP contribution in [0.4, 0.5) is 4.39 Å². The highest BCUT2D eigenvalue weighted by molar-refractivity contribution is 5.07. The van der Waals surface area contributed by atoms with Gasteiger partial charge < -0.3 is 5.11 Å². The molecule has 1 rings (SSSR count). The van der Waals surface area contributed by atoms with Crippen LogP contribution in [0.15, 0.2) is 18.3 Å². The van der Waals surface area contributed by atoms with Crippen molar-refractivity contribution in [1.82, 2.24) is 4.98 Å². The Labute approximate surface area is 71.1 Å². The Morgan fingerprint density at radius 3 is 2.58 bits per heavy atom. The quantitative estimate of drug-likeness (QED) is 0.728. The first-order valence-corrected chi connectivity index (χ1v) is 3.80. The number of hydrogen-bond donors (Lipinski definition) is 1. The predicted octanol–water partition coefficient (Wildman–Crippen LogP) is 1.53. The van der Waals surface area contributed by atoms with Crippen molar-refractivity contribution in [2.24, 2.45) is 0 Å². The molecule has 0 saturated carbocycles. The predicted molar refractivity (Wildman–Crippen MR) is 44.2 cm³/mol. The van der Waals surface area contributed by atoms with E-state index in [0.717, 1.165) is 6.20 Å². The van der Waals surface area contributed by atoms with Crippen LogP contribution in [0.2, 0.25) is 0 Å². The van der Waals surface area contributed by atoms with Gasteiger partial charge in [0.25, 0.3) is 0 Å². The van der Waals surface area contributed by atoms with Crippen LogP contribution in [0.5, 0.6) is 0 Å². The number of nitrogens with zero attached hydrogens (tertiary/aromatic N) is 1. The number of aliphatic hydroxyl groups is 1. The molecular weight excluding hydrogens is 157 g/mol. The zero-order chi connectivity index (χ0) is 9.19. The van der Waals surface area contributed by atoms with Crippen LogP contribution < -0.4 is 0 Å². The molecule has 0 spiro atoms. The minimum absolute atomic E-state index is 0.352. The molecule has 0 aliphatic heterocycles. The van der Waals surface area contributed by atoms with Gasteiger partial charge in [0.15, 0.2) is 0 Å². The summed E-state index contributed by atoms with van der Waals surface area (Å²) in [6, 6.07) is 2.92. The summed E-state index contributed by atoms with van der Waals surface area (Å²) in [5.41, 5.74) is -0.0888. The van der Waals surface area contributed by atoms with E-state index in [1.54, 1.807) is 19.9 Å². The Bertz CT molecular complexity index is 250. The first-order chi connectivity index (χ1) is 5.47. The number of aromatic nitrogens is 1. The highest BCUT2D eigenvalue weighted by Crippen LogP contribution is 2.09. The van der Waals surface area contributed by atoms with Crippen molar-refractivity contribution < 1.29 is 9.50 Å². The minimum Gasteiger partial charge on any atom is -0.390 e. The van der Waals surface area contributed by atoms with Crippen molar-refractivity contribution in [3.63, 3.8) is 0 Å². The van der Waals surface area contributed by atoms with E-state index in [-0.39, 0.29) is 5.82 Å². The van der Waals surface area contributed by atoms with Crippen molar-refractivity contribution in [2.75, 3.05) is 0 Å². The van der Waals surface area contributed by atoms with E-state index in [4.69, 9.17) is 0 Å². The molecule has 2 nitrogen and oxygen atoms in total. The van der Waals surface area contributed by atoms with Crippen molar-refractivity contribution in [2.45, 2.75) is 25.9 Å². The van der Waals surface area contributed by atoms with Gasteiger partial charge in [-0.25, -0.2) is 4.39 Å². The van der Waals surface area contributed by atoms with Crippen LogP contribution in [0, 0.1) is 5.82 Å². The van der Waals surface area contributed by atoms with Gasteiger partial charge >= 0.3 is 0 Å². The monoisotopic (exact) mass is 169 g/mol. The zero-order valence-corrected chi connectivity index (χ0v) is 7.21. The molecule has 0 bridgehead atoms. The number of hydrogen-bond acceptors (Lipinski definition) is 2. The topological polar surface area (TPSA) is 33.1 Å².